The van der Waals surface area contributed by atoms with Gasteiger partial charge in [0.1, 0.15) is 11.3 Å². The van der Waals surface area contributed by atoms with Gasteiger partial charge in [-0.2, -0.15) is 5.10 Å². The minimum absolute atomic E-state index is 0.110. The summed E-state index contributed by atoms with van der Waals surface area (Å²) in [6.07, 6.45) is 0. The first-order valence-corrected chi connectivity index (χ1v) is 7.54. The Labute approximate surface area is 125 Å². The van der Waals surface area contributed by atoms with Crippen molar-refractivity contribution < 1.29 is 0 Å². The van der Waals surface area contributed by atoms with Gasteiger partial charge in [-0.25, -0.2) is 9.67 Å². The number of aromatic nitrogens is 4. The molecule has 0 aliphatic rings. The van der Waals surface area contributed by atoms with Gasteiger partial charge in [-0.1, -0.05) is 0 Å². The maximum atomic E-state index is 6.32. The van der Waals surface area contributed by atoms with Gasteiger partial charge in [0, 0.05) is 19.1 Å². The quantitative estimate of drug-likeness (QED) is 0.797. The van der Waals surface area contributed by atoms with E-state index < -0.39 is 0 Å². The summed E-state index contributed by atoms with van der Waals surface area (Å²) in [5.41, 5.74) is 3.03. The minimum atomic E-state index is -0.110. The lowest BCUT2D eigenvalue weighted by Crippen LogP contribution is -2.30. The molecule has 0 amide bonds. The molecule has 6 heteroatoms. The number of imidazole rings is 1. The Kier molecular flexibility index (Phi) is 4.39. The number of hydrogen-bond donors (Lipinski definition) is 0. The zero-order valence-electron chi connectivity index (χ0n) is 13.2. The van der Waals surface area contributed by atoms with Crippen molar-refractivity contribution in [1.82, 2.24) is 24.2 Å². The predicted octanol–water partition coefficient (Wildman–Crippen LogP) is 2.81. The predicted molar refractivity (Wildman–Crippen MR) is 83.3 cm³/mol. The van der Waals surface area contributed by atoms with Gasteiger partial charge >= 0.3 is 0 Å². The molecular formula is C14H24ClN5. The van der Waals surface area contributed by atoms with E-state index in [0.717, 1.165) is 35.8 Å². The van der Waals surface area contributed by atoms with Crippen LogP contribution < -0.4 is 0 Å². The molecule has 0 aliphatic carbocycles. The Balaban J connectivity index is 2.60. The summed E-state index contributed by atoms with van der Waals surface area (Å²) in [7, 11) is 4.18. The van der Waals surface area contributed by atoms with Crippen LogP contribution >= 0.6 is 11.6 Å². The van der Waals surface area contributed by atoms with Gasteiger partial charge in [0.2, 0.25) is 0 Å². The summed E-state index contributed by atoms with van der Waals surface area (Å²) < 4.78 is 4.24. The zero-order valence-corrected chi connectivity index (χ0v) is 13.9. The highest BCUT2D eigenvalue weighted by atomic mass is 35.5. The van der Waals surface area contributed by atoms with Crippen molar-refractivity contribution in [3.8, 4) is 0 Å². The molecule has 112 valence electrons. The third-order valence-corrected chi connectivity index (χ3v) is 4.01. The molecule has 5 nitrogen and oxygen atoms in total. The molecule has 0 aromatic carbocycles. The van der Waals surface area contributed by atoms with Crippen molar-refractivity contribution in [2.45, 2.75) is 52.2 Å². The van der Waals surface area contributed by atoms with Crippen LogP contribution in [0, 0.1) is 6.92 Å². The van der Waals surface area contributed by atoms with Crippen LogP contribution in [0.2, 0.25) is 0 Å². The molecule has 0 saturated carbocycles. The highest BCUT2D eigenvalue weighted by Crippen LogP contribution is 2.27. The Hall–Kier alpha value is -1.07. The van der Waals surface area contributed by atoms with E-state index in [9.17, 15) is 0 Å². The van der Waals surface area contributed by atoms with Crippen LogP contribution in [0.15, 0.2) is 0 Å². The van der Waals surface area contributed by atoms with Gasteiger partial charge in [-0.3, -0.25) is 0 Å². The Morgan fingerprint density at radius 3 is 2.45 bits per heavy atom. The molecule has 0 bridgehead atoms. The molecule has 2 unspecified atom stereocenters. The number of fused-ring (bicyclic) bond motifs is 1. The van der Waals surface area contributed by atoms with Crippen molar-refractivity contribution in [3.63, 3.8) is 0 Å². The number of halogens is 1. The van der Waals surface area contributed by atoms with E-state index >= 15 is 0 Å². The summed E-state index contributed by atoms with van der Waals surface area (Å²) in [4.78, 5) is 6.92. The lowest BCUT2D eigenvalue weighted by Gasteiger charge is -2.22. The van der Waals surface area contributed by atoms with E-state index in [0.29, 0.717) is 6.04 Å². The van der Waals surface area contributed by atoms with Gasteiger partial charge in [0.25, 0.3) is 0 Å². The number of likely N-dealkylation sites (N-methyl/N-ethyl adjacent to an activating group) is 1. The summed E-state index contributed by atoms with van der Waals surface area (Å²) in [6.45, 7) is 9.97. The monoisotopic (exact) mass is 297 g/mol. The SMILES string of the molecule is CCn1nc(C)c2nc(C(C)Cl)n(CC(C)N(C)C)c21. The minimum Gasteiger partial charge on any atom is -0.310 e. The molecule has 0 aliphatic heterocycles. The highest BCUT2D eigenvalue weighted by molar-refractivity contribution is 6.20. The number of aryl methyl sites for hydroxylation is 2. The topological polar surface area (TPSA) is 38.9 Å². The number of nitrogens with zero attached hydrogens (tertiary/aromatic N) is 5. The lowest BCUT2D eigenvalue weighted by atomic mass is 10.3. The molecule has 0 saturated heterocycles. The molecular weight excluding hydrogens is 274 g/mol. The third kappa shape index (κ3) is 2.56. The van der Waals surface area contributed by atoms with E-state index in [1.165, 1.54) is 0 Å². The van der Waals surface area contributed by atoms with Crippen molar-refractivity contribution in [2.24, 2.45) is 0 Å². The zero-order chi connectivity index (χ0) is 15.0. The van der Waals surface area contributed by atoms with Crippen LogP contribution in [0.3, 0.4) is 0 Å². The molecule has 2 rings (SSSR count). The van der Waals surface area contributed by atoms with E-state index in [-0.39, 0.29) is 5.38 Å². The average Bonchev–Trinajstić information content (AvgIpc) is 2.88. The molecule has 0 fully saturated rings. The van der Waals surface area contributed by atoms with Crippen molar-refractivity contribution >= 4 is 22.8 Å². The van der Waals surface area contributed by atoms with Crippen LogP contribution in [0.1, 0.15) is 37.7 Å². The fourth-order valence-electron chi connectivity index (χ4n) is 2.37. The first kappa shape index (κ1) is 15.3. The molecule has 2 aromatic heterocycles. The second-order valence-electron chi connectivity index (χ2n) is 5.58. The van der Waals surface area contributed by atoms with Gasteiger partial charge in [0.05, 0.1) is 11.1 Å². The number of alkyl halides is 1. The van der Waals surface area contributed by atoms with Crippen LogP contribution in [-0.4, -0.2) is 44.4 Å². The average molecular weight is 298 g/mol. The Bertz CT molecular complexity index is 596. The van der Waals surface area contributed by atoms with Gasteiger partial charge in [-0.05, 0) is 41.8 Å². The maximum Gasteiger partial charge on any atom is 0.159 e. The summed E-state index contributed by atoms with van der Waals surface area (Å²) >= 11 is 6.32. The van der Waals surface area contributed by atoms with Crippen molar-refractivity contribution in [2.75, 3.05) is 14.1 Å². The molecule has 0 N–H and O–H groups in total. The van der Waals surface area contributed by atoms with Gasteiger partial charge in [0.15, 0.2) is 5.65 Å². The molecule has 2 heterocycles. The summed E-state index contributed by atoms with van der Waals surface area (Å²) in [5, 5.41) is 4.45. The second kappa shape index (κ2) is 5.74. The first-order valence-electron chi connectivity index (χ1n) is 7.10. The first-order chi connectivity index (χ1) is 9.36. The molecule has 0 radical (unpaired) electrons. The van der Waals surface area contributed by atoms with Crippen LogP contribution in [0.5, 0.6) is 0 Å². The van der Waals surface area contributed by atoms with Gasteiger partial charge < -0.3 is 9.47 Å². The van der Waals surface area contributed by atoms with Crippen LogP contribution in [0.25, 0.3) is 11.2 Å². The summed E-state index contributed by atoms with van der Waals surface area (Å²) in [6, 6.07) is 0.405. The van der Waals surface area contributed by atoms with Crippen LogP contribution in [-0.2, 0) is 13.1 Å². The fourth-order valence-corrected chi connectivity index (χ4v) is 2.54. The van der Waals surface area contributed by atoms with E-state index in [1.807, 2.05) is 18.5 Å². The smallest absolute Gasteiger partial charge is 0.159 e. The molecule has 2 aromatic rings. The summed E-state index contributed by atoms with van der Waals surface area (Å²) in [5.74, 6) is 0.929. The van der Waals surface area contributed by atoms with Crippen LogP contribution in [0.4, 0.5) is 0 Å². The normalized spacial score (nSPS) is 15.2. The standard InChI is InChI=1S/C14H24ClN5/c1-7-20-14-12(11(4)17-20)16-13(10(3)15)19(14)8-9(2)18(5)6/h9-10H,7-8H2,1-6H3. The molecule has 0 spiro atoms. The second-order valence-corrected chi connectivity index (χ2v) is 6.24. The van der Waals surface area contributed by atoms with Gasteiger partial charge in [-0.15, -0.1) is 11.6 Å². The molecule has 2 atom stereocenters. The Morgan fingerprint density at radius 2 is 1.95 bits per heavy atom. The highest BCUT2D eigenvalue weighted by Gasteiger charge is 2.22. The number of rotatable bonds is 5. The lowest BCUT2D eigenvalue weighted by molar-refractivity contribution is 0.282. The fraction of sp³-hybridized carbons (Fsp3) is 0.714. The maximum absolute atomic E-state index is 6.32. The third-order valence-electron chi connectivity index (χ3n) is 3.81. The van der Waals surface area contributed by atoms with E-state index in [4.69, 9.17) is 16.6 Å². The van der Waals surface area contributed by atoms with Crippen molar-refractivity contribution in [3.05, 3.63) is 11.5 Å². The Morgan fingerprint density at radius 1 is 1.30 bits per heavy atom. The molecule has 20 heavy (non-hydrogen) atoms. The van der Waals surface area contributed by atoms with E-state index in [1.54, 1.807) is 0 Å². The van der Waals surface area contributed by atoms with Crippen molar-refractivity contribution in [1.29, 1.82) is 0 Å². The largest absolute Gasteiger partial charge is 0.310 e. The van der Waals surface area contributed by atoms with E-state index in [2.05, 4.69) is 42.5 Å². The number of hydrogen-bond acceptors (Lipinski definition) is 3.